The lowest BCUT2D eigenvalue weighted by atomic mass is 9.84. The van der Waals surface area contributed by atoms with Crippen LogP contribution in [0.15, 0.2) is 0 Å². The van der Waals surface area contributed by atoms with Crippen LogP contribution < -0.4 is 5.32 Å². The average molecular weight is 232 g/mol. The second kappa shape index (κ2) is 3.02. The molecule has 68 valence electrons. The molecule has 2 nitrogen and oxygen atoms in total. The molecule has 2 fully saturated rings. The first-order chi connectivity index (χ1) is 5.76. The van der Waals surface area contributed by atoms with Crippen LogP contribution in [0.5, 0.6) is 0 Å². The molecule has 2 rings (SSSR count). The first kappa shape index (κ1) is 8.54. The van der Waals surface area contributed by atoms with Crippen molar-refractivity contribution < 1.29 is 4.79 Å². The quantitative estimate of drug-likeness (QED) is 0.739. The number of amides is 1. The number of carbonyl (C=O) groups is 1. The predicted octanol–water partition coefficient (Wildman–Crippen LogP) is 1.83. The summed E-state index contributed by atoms with van der Waals surface area (Å²) in [6.45, 7) is 0. The van der Waals surface area contributed by atoms with Crippen molar-refractivity contribution in [3.05, 3.63) is 0 Å². The van der Waals surface area contributed by atoms with Crippen LogP contribution in [0, 0.1) is 5.92 Å². The molecule has 0 radical (unpaired) electrons. The molecule has 0 spiro atoms. The van der Waals surface area contributed by atoms with Gasteiger partial charge in [0.2, 0.25) is 5.91 Å². The van der Waals surface area contributed by atoms with E-state index in [2.05, 4.69) is 21.2 Å². The summed E-state index contributed by atoms with van der Waals surface area (Å²) in [4.78, 5) is 11.5. The van der Waals surface area contributed by atoms with Gasteiger partial charge in [0.05, 0.1) is 0 Å². The number of halogens is 1. The van der Waals surface area contributed by atoms with Gasteiger partial charge in [0.1, 0.15) is 0 Å². The topological polar surface area (TPSA) is 29.1 Å². The Kier molecular flexibility index (Phi) is 2.15. The van der Waals surface area contributed by atoms with Crippen LogP contribution in [0.2, 0.25) is 0 Å². The minimum atomic E-state index is 0.146. The zero-order valence-corrected chi connectivity index (χ0v) is 8.69. The molecule has 2 saturated carbocycles. The van der Waals surface area contributed by atoms with Crippen molar-refractivity contribution >= 4 is 21.8 Å². The van der Waals surface area contributed by atoms with Gasteiger partial charge in [0.15, 0.2) is 0 Å². The van der Waals surface area contributed by atoms with Crippen molar-refractivity contribution in [3.63, 3.8) is 0 Å². The molecule has 1 N–H and O–H groups in total. The Morgan fingerprint density at radius 2 is 2.17 bits per heavy atom. The minimum Gasteiger partial charge on any atom is -0.350 e. The van der Waals surface area contributed by atoms with Crippen LogP contribution in [-0.4, -0.2) is 16.8 Å². The molecule has 1 amide bonds. The predicted molar refractivity (Wildman–Crippen MR) is 51.2 cm³/mol. The van der Waals surface area contributed by atoms with Gasteiger partial charge >= 0.3 is 0 Å². The molecule has 0 aromatic carbocycles. The molecule has 0 unspecified atom stereocenters. The Morgan fingerprint density at radius 3 is 2.50 bits per heavy atom. The maximum atomic E-state index is 11.5. The van der Waals surface area contributed by atoms with E-state index >= 15 is 0 Å². The van der Waals surface area contributed by atoms with E-state index in [1.165, 1.54) is 6.42 Å². The van der Waals surface area contributed by atoms with Crippen LogP contribution in [0.25, 0.3) is 0 Å². The fourth-order valence-electron chi connectivity index (χ4n) is 1.48. The number of hydrogen-bond acceptors (Lipinski definition) is 1. The lowest BCUT2D eigenvalue weighted by molar-refractivity contribution is -0.128. The zero-order valence-electron chi connectivity index (χ0n) is 7.11. The Labute approximate surface area is 81.2 Å². The van der Waals surface area contributed by atoms with Crippen molar-refractivity contribution in [3.8, 4) is 0 Å². The number of alkyl halides is 1. The maximum absolute atomic E-state index is 11.5. The lowest BCUT2D eigenvalue weighted by Gasteiger charge is -2.26. The van der Waals surface area contributed by atoms with E-state index in [0.717, 1.165) is 31.0 Å². The van der Waals surface area contributed by atoms with E-state index in [4.69, 9.17) is 0 Å². The normalized spacial score (nSPS) is 26.1. The summed E-state index contributed by atoms with van der Waals surface area (Å²) in [6.07, 6.45) is 5.74. The Balaban J connectivity index is 1.81. The van der Waals surface area contributed by atoms with Gasteiger partial charge in [-0.05, 0) is 25.7 Å². The van der Waals surface area contributed by atoms with E-state index in [1.54, 1.807) is 0 Å². The second-order valence-corrected chi connectivity index (χ2v) is 4.59. The van der Waals surface area contributed by atoms with Crippen molar-refractivity contribution in [2.45, 2.75) is 37.6 Å². The summed E-state index contributed by atoms with van der Waals surface area (Å²) in [5, 5.41) is 4.05. The van der Waals surface area contributed by atoms with Crippen LogP contribution >= 0.6 is 15.9 Å². The molecule has 0 aliphatic heterocycles. The molecule has 2 aliphatic rings. The Morgan fingerprint density at radius 1 is 1.50 bits per heavy atom. The second-order valence-electron chi connectivity index (χ2n) is 4.03. The standard InChI is InChI=1S/C9H14BrNO/c10-6-9(4-5-9)11-8(12)7-2-1-3-7/h7H,1-6H2,(H,11,12). The first-order valence-corrected chi connectivity index (χ1v) is 5.76. The highest BCUT2D eigenvalue weighted by atomic mass is 79.9. The number of rotatable bonds is 3. The molecule has 0 saturated heterocycles. The van der Waals surface area contributed by atoms with Gasteiger partial charge in [-0.25, -0.2) is 0 Å². The van der Waals surface area contributed by atoms with Crippen molar-refractivity contribution in [1.29, 1.82) is 0 Å². The Hall–Kier alpha value is -0.0500. The van der Waals surface area contributed by atoms with Gasteiger partial charge in [-0.2, -0.15) is 0 Å². The van der Waals surface area contributed by atoms with E-state index in [1.807, 2.05) is 0 Å². The Bertz CT molecular complexity index is 197. The number of nitrogens with one attached hydrogen (secondary N) is 1. The van der Waals surface area contributed by atoms with Crippen molar-refractivity contribution in [1.82, 2.24) is 5.32 Å². The number of hydrogen-bond donors (Lipinski definition) is 1. The van der Waals surface area contributed by atoms with Crippen LogP contribution in [0.4, 0.5) is 0 Å². The molecular formula is C9H14BrNO. The minimum absolute atomic E-state index is 0.146. The SMILES string of the molecule is O=C(NC1(CBr)CC1)C1CCC1. The smallest absolute Gasteiger partial charge is 0.223 e. The molecule has 3 heteroatoms. The maximum Gasteiger partial charge on any atom is 0.223 e. The zero-order chi connectivity index (χ0) is 8.60. The molecule has 0 aromatic heterocycles. The highest BCUT2D eigenvalue weighted by molar-refractivity contribution is 9.09. The average Bonchev–Trinajstić information content (AvgIpc) is 2.65. The summed E-state index contributed by atoms with van der Waals surface area (Å²) in [7, 11) is 0. The van der Waals surface area contributed by atoms with Gasteiger partial charge < -0.3 is 5.32 Å². The van der Waals surface area contributed by atoms with E-state index < -0.39 is 0 Å². The highest BCUT2D eigenvalue weighted by Gasteiger charge is 2.44. The summed E-state index contributed by atoms with van der Waals surface area (Å²) in [5.41, 5.74) is 0.146. The number of carbonyl (C=O) groups excluding carboxylic acids is 1. The molecule has 0 aromatic rings. The van der Waals surface area contributed by atoms with Crippen molar-refractivity contribution in [2.24, 2.45) is 5.92 Å². The van der Waals surface area contributed by atoms with Gasteiger partial charge in [0.25, 0.3) is 0 Å². The van der Waals surface area contributed by atoms with Gasteiger partial charge in [-0.3, -0.25) is 4.79 Å². The third-order valence-electron chi connectivity index (χ3n) is 2.97. The molecular weight excluding hydrogens is 218 g/mol. The monoisotopic (exact) mass is 231 g/mol. The third kappa shape index (κ3) is 1.51. The fourth-order valence-corrected chi connectivity index (χ4v) is 2.18. The molecule has 0 bridgehead atoms. The van der Waals surface area contributed by atoms with E-state index in [-0.39, 0.29) is 5.54 Å². The molecule has 12 heavy (non-hydrogen) atoms. The fraction of sp³-hybridized carbons (Fsp3) is 0.889. The highest BCUT2D eigenvalue weighted by Crippen LogP contribution is 2.38. The summed E-state index contributed by atoms with van der Waals surface area (Å²) >= 11 is 3.44. The van der Waals surface area contributed by atoms with Crippen LogP contribution in [0.1, 0.15) is 32.1 Å². The summed E-state index contributed by atoms with van der Waals surface area (Å²) in [6, 6.07) is 0. The lowest BCUT2D eigenvalue weighted by Crippen LogP contribution is -2.43. The van der Waals surface area contributed by atoms with Crippen LogP contribution in [-0.2, 0) is 4.79 Å². The largest absolute Gasteiger partial charge is 0.350 e. The first-order valence-electron chi connectivity index (χ1n) is 4.64. The van der Waals surface area contributed by atoms with E-state index in [9.17, 15) is 4.79 Å². The van der Waals surface area contributed by atoms with Gasteiger partial charge in [-0.15, -0.1) is 0 Å². The van der Waals surface area contributed by atoms with Gasteiger partial charge in [0, 0.05) is 16.8 Å². The molecule has 0 atom stereocenters. The third-order valence-corrected chi connectivity index (χ3v) is 4.05. The summed E-state index contributed by atoms with van der Waals surface area (Å²) < 4.78 is 0. The molecule has 2 aliphatic carbocycles. The summed E-state index contributed by atoms with van der Waals surface area (Å²) in [5.74, 6) is 0.625. The van der Waals surface area contributed by atoms with Gasteiger partial charge in [-0.1, -0.05) is 22.4 Å². The van der Waals surface area contributed by atoms with E-state index in [0.29, 0.717) is 11.8 Å². The van der Waals surface area contributed by atoms with Crippen LogP contribution in [0.3, 0.4) is 0 Å². The molecule has 0 heterocycles. The van der Waals surface area contributed by atoms with Crippen molar-refractivity contribution in [2.75, 3.05) is 5.33 Å².